The van der Waals surface area contributed by atoms with Gasteiger partial charge < -0.3 is 28.7 Å². The Hall–Kier alpha value is -1.43. The van der Waals surface area contributed by atoms with Crippen molar-refractivity contribution in [3.05, 3.63) is 59.4 Å². The highest BCUT2D eigenvalue weighted by atomic mass is 127. The molecule has 2 aromatic rings. The Morgan fingerprint density at radius 2 is 1.52 bits per heavy atom. The zero-order valence-corrected chi connectivity index (χ0v) is 19.3. The smallest absolute Gasteiger partial charge is 0.344 e. The summed E-state index contributed by atoms with van der Waals surface area (Å²) in [6.45, 7) is 11.7. The summed E-state index contributed by atoms with van der Waals surface area (Å²) in [7, 11) is 0. The van der Waals surface area contributed by atoms with Crippen molar-refractivity contribution >= 4 is 5.97 Å². The molecule has 0 aliphatic heterocycles. The van der Waals surface area contributed by atoms with Gasteiger partial charge in [0.1, 0.15) is 12.3 Å². The van der Waals surface area contributed by atoms with Gasteiger partial charge in [-0.2, -0.15) is 0 Å². The molecule has 4 heteroatoms. The number of hydrogen-bond acceptors (Lipinski definition) is 2. The number of esters is 1. The largest absolute Gasteiger partial charge is 1.00 e. The molecule has 0 radical (unpaired) electrons. The molecule has 2 rings (SSSR count). The number of nitrogens with zero attached hydrogens (tertiary/aromatic N) is 1. The third-order valence-electron chi connectivity index (χ3n) is 4.66. The highest BCUT2D eigenvalue weighted by molar-refractivity contribution is 5.91. The molecule has 0 amide bonds. The molecule has 1 aromatic heterocycles. The third-order valence-corrected chi connectivity index (χ3v) is 4.66. The molecule has 0 atom stereocenters. The van der Waals surface area contributed by atoms with Crippen molar-refractivity contribution in [3.63, 3.8) is 0 Å². The first kappa shape index (κ1) is 23.6. The van der Waals surface area contributed by atoms with Crippen molar-refractivity contribution < 1.29 is 38.1 Å². The summed E-state index contributed by atoms with van der Waals surface area (Å²) in [5.74, 6) is 1.03. The van der Waals surface area contributed by atoms with Crippen LogP contribution in [0.2, 0.25) is 0 Å². The molecule has 1 heterocycles. The van der Waals surface area contributed by atoms with E-state index in [0.29, 0.717) is 17.4 Å². The van der Waals surface area contributed by atoms with Crippen LogP contribution in [0.1, 0.15) is 87.2 Å². The molecule has 0 fully saturated rings. The van der Waals surface area contributed by atoms with Crippen LogP contribution in [0, 0.1) is 0 Å². The highest BCUT2D eigenvalue weighted by Gasteiger charge is 2.19. The van der Waals surface area contributed by atoms with E-state index in [1.165, 1.54) is 12.8 Å². The molecule has 27 heavy (non-hydrogen) atoms. The van der Waals surface area contributed by atoms with E-state index in [4.69, 9.17) is 4.74 Å². The summed E-state index contributed by atoms with van der Waals surface area (Å²) in [4.78, 5) is 12.7. The molecule has 1 aromatic carbocycles. The Labute approximate surface area is 181 Å². The maximum absolute atomic E-state index is 12.7. The Morgan fingerprint density at radius 1 is 0.963 bits per heavy atom. The quantitative estimate of drug-likeness (QED) is 0.191. The number of pyridine rings is 1. The Balaban J connectivity index is 0.00000364. The molecular weight excluding hydrogens is 449 g/mol. The second kappa shape index (κ2) is 11.4. The van der Waals surface area contributed by atoms with Gasteiger partial charge in [0.15, 0.2) is 12.4 Å². The number of ether oxygens (including phenoxy) is 1. The zero-order valence-electron chi connectivity index (χ0n) is 17.2. The normalized spacial score (nSPS) is 10.8. The maximum Gasteiger partial charge on any atom is 0.344 e. The van der Waals surface area contributed by atoms with E-state index in [2.05, 4.69) is 39.2 Å². The van der Waals surface area contributed by atoms with E-state index in [1.54, 1.807) is 0 Å². The van der Waals surface area contributed by atoms with Crippen molar-refractivity contribution in [2.45, 2.75) is 72.3 Å². The number of benzene rings is 1. The van der Waals surface area contributed by atoms with Crippen molar-refractivity contribution in [2.24, 2.45) is 0 Å². The van der Waals surface area contributed by atoms with Crippen molar-refractivity contribution in [3.8, 4) is 5.75 Å². The average molecular weight is 481 g/mol. The van der Waals surface area contributed by atoms with Crippen LogP contribution < -0.4 is 33.3 Å². The van der Waals surface area contributed by atoms with Gasteiger partial charge in [0.2, 0.25) is 0 Å². The first-order valence-electron chi connectivity index (χ1n) is 9.78. The number of hydrogen-bond donors (Lipinski definition) is 0. The summed E-state index contributed by atoms with van der Waals surface area (Å²) in [5, 5.41) is 0. The van der Waals surface area contributed by atoms with Gasteiger partial charge in [-0.3, -0.25) is 0 Å². The monoisotopic (exact) mass is 481 g/mol. The Kier molecular flexibility index (Phi) is 9.99. The van der Waals surface area contributed by atoms with Gasteiger partial charge in [0.05, 0.1) is 5.56 Å². The molecular formula is C23H32INO2. The van der Waals surface area contributed by atoms with Gasteiger partial charge in [-0.15, -0.1) is 0 Å². The van der Waals surface area contributed by atoms with Gasteiger partial charge >= 0.3 is 5.97 Å². The molecule has 0 aliphatic rings. The fourth-order valence-corrected chi connectivity index (χ4v) is 3.04. The molecule has 0 bridgehead atoms. The Morgan fingerprint density at radius 3 is 2.00 bits per heavy atom. The van der Waals surface area contributed by atoms with Crippen molar-refractivity contribution in [1.82, 2.24) is 0 Å². The van der Waals surface area contributed by atoms with Gasteiger partial charge in [-0.1, -0.05) is 59.2 Å². The molecule has 0 unspecified atom stereocenters. The standard InChI is InChI=1S/C23H32NO2.HI/c1-6-7-8-14-24-15-12-19(13-16-24)23(25)26-22-20(17(2)3)10-9-11-21(22)18(4)5;/h9-13,15-18H,6-8,14H2,1-5H3;1H/q+1;/p-1. The second-order valence-corrected chi connectivity index (χ2v) is 7.50. The lowest BCUT2D eigenvalue weighted by molar-refractivity contribution is -0.697. The number of rotatable bonds is 8. The summed E-state index contributed by atoms with van der Waals surface area (Å²) >= 11 is 0. The van der Waals surface area contributed by atoms with Crippen LogP contribution in [0.25, 0.3) is 0 Å². The minimum absolute atomic E-state index is 0. The number of unbranched alkanes of at least 4 members (excludes halogenated alkanes) is 2. The molecule has 0 spiro atoms. The highest BCUT2D eigenvalue weighted by Crippen LogP contribution is 2.34. The summed E-state index contributed by atoms with van der Waals surface area (Å²) in [6.07, 6.45) is 7.51. The van der Waals surface area contributed by atoms with Crippen LogP contribution in [0.15, 0.2) is 42.7 Å². The van der Waals surface area contributed by atoms with E-state index in [0.717, 1.165) is 29.8 Å². The second-order valence-electron chi connectivity index (χ2n) is 7.50. The fraction of sp³-hybridized carbons (Fsp3) is 0.478. The van der Waals surface area contributed by atoms with Gasteiger partial charge in [0.25, 0.3) is 0 Å². The maximum atomic E-state index is 12.7. The molecule has 0 saturated carbocycles. The van der Waals surface area contributed by atoms with E-state index in [1.807, 2.05) is 42.7 Å². The van der Waals surface area contributed by atoms with Crippen LogP contribution in [0.4, 0.5) is 0 Å². The zero-order chi connectivity index (χ0) is 19.1. The summed E-state index contributed by atoms with van der Waals surface area (Å²) in [6, 6.07) is 9.84. The van der Waals surface area contributed by atoms with Crippen molar-refractivity contribution in [1.29, 1.82) is 0 Å². The molecule has 0 N–H and O–H groups in total. The molecule has 3 nitrogen and oxygen atoms in total. The number of aromatic nitrogens is 1. The number of carbonyl (C=O) groups is 1. The van der Waals surface area contributed by atoms with E-state index >= 15 is 0 Å². The molecule has 0 saturated heterocycles. The first-order valence-corrected chi connectivity index (χ1v) is 9.78. The van der Waals surface area contributed by atoms with Crippen LogP contribution >= 0.6 is 0 Å². The topological polar surface area (TPSA) is 30.2 Å². The van der Waals surface area contributed by atoms with Crippen LogP contribution in [0.5, 0.6) is 5.75 Å². The number of carbonyl (C=O) groups excluding carboxylic acids is 1. The van der Waals surface area contributed by atoms with Crippen LogP contribution in [0.3, 0.4) is 0 Å². The molecule has 0 aliphatic carbocycles. The first-order chi connectivity index (χ1) is 12.4. The average Bonchev–Trinajstić information content (AvgIpc) is 2.62. The lowest BCUT2D eigenvalue weighted by atomic mass is 9.94. The van der Waals surface area contributed by atoms with Crippen LogP contribution in [-0.2, 0) is 6.54 Å². The van der Waals surface area contributed by atoms with Gasteiger partial charge in [0, 0.05) is 18.6 Å². The summed E-state index contributed by atoms with van der Waals surface area (Å²) in [5.41, 5.74) is 2.75. The summed E-state index contributed by atoms with van der Waals surface area (Å²) < 4.78 is 7.99. The van der Waals surface area contributed by atoms with Crippen molar-refractivity contribution in [2.75, 3.05) is 0 Å². The fourth-order valence-electron chi connectivity index (χ4n) is 3.04. The molecule has 148 valence electrons. The predicted molar refractivity (Wildman–Crippen MR) is 106 cm³/mol. The minimum atomic E-state index is -0.291. The van der Waals surface area contributed by atoms with Gasteiger partial charge in [-0.05, 0) is 29.4 Å². The third kappa shape index (κ3) is 6.59. The van der Waals surface area contributed by atoms with E-state index < -0.39 is 0 Å². The predicted octanol–water partition coefficient (Wildman–Crippen LogP) is 2.63. The lowest BCUT2D eigenvalue weighted by Gasteiger charge is -2.18. The van der Waals surface area contributed by atoms with E-state index in [-0.39, 0.29) is 29.9 Å². The number of aryl methyl sites for hydroxylation is 1. The van der Waals surface area contributed by atoms with E-state index in [9.17, 15) is 4.79 Å². The SMILES string of the molecule is CCCCC[n+]1ccc(C(=O)Oc2c(C(C)C)cccc2C(C)C)cc1.[I-]. The Bertz CT molecular complexity index is 697. The van der Waals surface area contributed by atoms with Crippen LogP contribution in [-0.4, -0.2) is 5.97 Å². The lowest BCUT2D eigenvalue weighted by Crippen LogP contribution is -3.00. The number of para-hydroxylation sites is 1. The minimum Gasteiger partial charge on any atom is -1.00 e. The van der Waals surface area contributed by atoms with Gasteiger partial charge in [-0.25, -0.2) is 9.36 Å². The number of halogens is 1.